The first-order valence-corrected chi connectivity index (χ1v) is 6.40. The minimum atomic E-state index is -1.04. The molecule has 20 heavy (non-hydrogen) atoms. The smallest absolute Gasteiger partial charge is 0.328 e. The standard InChI is InChI=1S/C15H21FN2O2/c1-17(2)6-7-18(3)11-13-8-12(4-5-15(19)20)9-14(16)10-13/h4-5,8-10H,6-7,11H2,1-3H3,(H,19,20). The van der Waals surface area contributed by atoms with Gasteiger partial charge in [0.2, 0.25) is 0 Å². The molecule has 0 aromatic heterocycles. The van der Waals surface area contributed by atoms with Crippen LogP contribution >= 0.6 is 0 Å². The Morgan fingerprint density at radius 3 is 2.55 bits per heavy atom. The van der Waals surface area contributed by atoms with Crippen molar-refractivity contribution in [2.75, 3.05) is 34.2 Å². The van der Waals surface area contributed by atoms with E-state index < -0.39 is 5.97 Å². The molecule has 0 heterocycles. The molecule has 0 aliphatic carbocycles. The van der Waals surface area contributed by atoms with Crippen molar-refractivity contribution < 1.29 is 14.3 Å². The van der Waals surface area contributed by atoms with Gasteiger partial charge in [-0.25, -0.2) is 9.18 Å². The molecule has 0 aliphatic heterocycles. The number of hydrogen-bond donors (Lipinski definition) is 1. The second-order valence-electron chi connectivity index (χ2n) is 5.11. The van der Waals surface area contributed by atoms with E-state index in [9.17, 15) is 9.18 Å². The third-order valence-electron chi connectivity index (χ3n) is 2.78. The average molecular weight is 280 g/mol. The topological polar surface area (TPSA) is 43.8 Å². The van der Waals surface area contributed by atoms with Crippen LogP contribution in [0.2, 0.25) is 0 Å². The van der Waals surface area contributed by atoms with E-state index in [1.807, 2.05) is 21.1 Å². The molecule has 0 saturated carbocycles. The van der Waals surface area contributed by atoms with E-state index in [-0.39, 0.29) is 5.82 Å². The van der Waals surface area contributed by atoms with Crippen molar-refractivity contribution in [3.8, 4) is 0 Å². The van der Waals surface area contributed by atoms with Gasteiger partial charge in [-0.2, -0.15) is 0 Å². The molecule has 5 heteroatoms. The van der Waals surface area contributed by atoms with Crippen LogP contribution < -0.4 is 0 Å². The molecule has 4 nitrogen and oxygen atoms in total. The molecule has 0 fully saturated rings. The molecule has 0 amide bonds. The second-order valence-corrected chi connectivity index (χ2v) is 5.11. The number of hydrogen-bond acceptors (Lipinski definition) is 3. The van der Waals surface area contributed by atoms with Crippen LogP contribution in [-0.2, 0) is 11.3 Å². The van der Waals surface area contributed by atoms with Gasteiger partial charge in [0.1, 0.15) is 5.82 Å². The molecule has 0 unspecified atom stereocenters. The van der Waals surface area contributed by atoms with Crippen molar-refractivity contribution in [1.29, 1.82) is 0 Å². The van der Waals surface area contributed by atoms with Crippen LogP contribution in [0.15, 0.2) is 24.3 Å². The number of aliphatic carboxylic acids is 1. The Labute approximate surface area is 119 Å². The number of halogens is 1. The zero-order valence-corrected chi connectivity index (χ0v) is 12.1. The lowest BCUT2D eigenvalue weighted by Crippen LogP contribution is -2.28. The van der Waals surface area contributed by atoms with E-state index in [1.54, 1.807) is 6.07 Å². The Hall–Kier alpha value is -1.72. The highest BCUT2D eigenvalue weighted by atomic mass is 19.1. The highest BCUT2D eigenvalue weighted by molar-refractivity contribution is 5.85. The lowest BCUT2D eigenvalue weighted by atomic mass is 10.1. The molecule has 1 N–H and O–H groups in total. The number of carboxylic acid groups (broad SMARTS) is 1. The summed E-state index contributed by atoms with van der Waals surface area (Å²) in [6.45, 7) is 2.43. The third kappa shape index (κ3) is 6.45. The molecule has 1 aromatic carbocycles. The van der Waals surface area contributed by atoms with Crippen molar-refractivity contribution in [2.24, 2.45) is 0 Å². The monoisotopic (exact) mass is 280 g/mol. The van der Waals surface area contributed by atoms with Crippen molar-refractivity contribution >= 4 is 12.0 Å². The van der Waals surface area contributed by atoms with Gasteiger partial charge in [-0.3, -0.25) is 0 Å². The first-order chi connectivity index (χ1) is 9.36. The fraction of sp³-hybridized carbons (Fsp3) is 0.400. The maximum absolute atomic E-state index is 13.5. The van der Waals surface area contributed by atoms with Gasteiger partial charge in [0.05, 0.1) is 0 Å². The van der Waals surface area contributed by atoms with Crippen LogP contribution in [0, 0.1) is 5.82 Å². The van der Waals surface area contributed by atoms with Crippen LogP contribution in [0.1, 0.15) is 11.1 Å². The van der Waals surface area contributed by atoms with Crippen LogP contribution in [0.3, 0.4) is 0 Å². The number of likely N-dealkylation sites (N-methyl/N-ethyl adjacent to an activating group) is 2. The predicted octanol–water partition coefficient (Wildman–Crippen LogP) is 1.92. The number of carboxylic acids is 1. The molecule has 110 valence electrons. The van der Waals surface area contributed by atoms with Gasteiger partial charge in [-0.15, -0.1) is 0 Å². The summed E-state index contributed by atoms with van der Waals surface area (Å²) in [6.07, 6.45) is 2.41. The van der Waals surface area contributed by atoms with Crippen molar-refractivity contribution in [3.63, 3.8) is 0 Å². The first-order valence-electron chi connectivity index (χ1n) is 6.40. The van der Waals surface area contributed by atoms with Crippen molar-refractivity contribution in [2.45, 2.75) is 6.54 Å². The number of carbonyl (C=O) groups is 1. The quantitative estimate of drug-likeness (QED) is 0.775. The van der Waals surface area contributed by atoms with Crippen LogP contribution in [-0.4, -0.2) is 55.1 Å². The van der Waals surface area contributed by atoms with Crippen LogP contribution in [0.5, 0.6) is 0 Å². The average Bonchev–Trinajstić information content (AvgIpc) is 2.33. The molecule has 0 bridgehead atoms. The molecule has 1 rings (SSSR count). The molecule has 0 atom stereocenters. The first kappa shape index (κ1) is 16.3. The summed E-state index contributed by atoms with van der Waals surface area (Å²) in [5.41, 5.74) is 1.39. The van der Waals surface area contributed by atoms with Gasteiger partial charge in [0, 0.05) is 25.7 Å². The highest BCUT2D eigenvalue weighted by Gasteiger charge is 2.04. The number of rotatable bonds is 7. The molecular formula is C15H21FN2O2. The lowest BCUT2D eigenvalue weighted by Gasteiger charge is -2.19. The summed E-state index contributed by atoms with van der Waals surface area (Å²) in [6, 6.07) is 4.60. The Morgan fingerprint density at radius 2 is 1.95 bits per heavy atom. The molecule has 1 aromatic rings. The Morgan fingerprint density at radius 1 is 1.25 bits per heavy atom. The largest absolute Gasteiger partial charge is 0.478 e. The zero-order valence-electron chi connectivity index (χ0n) is 12.1. The molecule has 0 saturated heterocycles. The van der Waals surface area contributed by atoms with E-state index in [4.69, 9.17) is 5.11 Å². The number of nitrogens with zero attached hydrogens (tertiary/aromatic N) is 2. The van der Waals surface area contributed by atoms with E-state index >= 15 is 0 Å². The zero-order chi connectivity index (χ0) is 15.1. The van der Waals surface area contributed by atoms with Gasteiger partial charge in [0.25, 0.3) is 0 Å². The molecular weight excluding hydrogens is 259 g/mol. The molecule has 0 radical (unpaired) electrons. The van der Waals surface area contributed by atoms with Crippen molar-refractivity contribution in [3.05, 3.63) is 41.2 Å². The van der Waals surface area contributed by atoms with E-state index in [1.165, 1.54) is 18.2 Å². The lowest BCUT2D eigenvalue weighted by molar-refractivity contribution is -0.131. The predicted molar refractivity (Wildman–Crippen MR) is 78.0 cm³/mol. The Kier molecular flexibility index (Phi) is 6.35. The molecule has 0 spiro atoms. The highest BCUT2D eigenvalue weighted by Crippen LogP contribution is 2.12. The van der Waals surface area contributed by atoms with E-state index in [0.29, 0.717) is 12.1 Å². The van der Waals surface area contributed by atoms with Crippen LogP contribution in [0.25, 0.3) is 6.08 Å². The fourth-order valence-corrected chi connectivity index (χ4v) is 1.79. The Bertz CT molecular complexity index is 487. The summed E-state index contributed by atoms with van der Waals surface area (Å²) in [4.78, 5) is 14.7. The van der Waals surface area contributed by atoms with Gasteiger partial charge < -0.3 is 14.9 Å². The van der Waals surface area contributed by atoms with Crippen LogP contribution in [0.4, 0.5) is 4.39 Å². The van der Waals surface area contributed by atoms with E-state index in [0.717, 1.165) is 24.7 Å². The van der Waals surface area contributed by atoms with Gasteiger partial charge in [0.15, 0.2) is 0 Å². The summed E-state index contributed by atoms with van der Waals surface area (Å²) < 4.78 is 13.5. The van der Waals surface area contributed by atoms with Gasteiger partial charge in [-0.05, 0) is 50.5 Å². The minimum Gasteiger partial charge on any atom is -0.478 e. The Balaban J connectivity index is 2.72. The summed E-state index contributed by atoms with van der Waals surface area (Å²) in [5.74, 6) is -1.40. The van der Waals surface area contributed by atoms with Gasteiger partial charge >= 0.3 is 5.97 Å². The maximum atomic E-state index is 13.5. The van der Waals surface area contributed by atoms with E-state index in [2.05, 4.69) is 9.80 Å². The number of benzene rings is 1. The maximum Gasteiger partial charge on any atom is 0.328 e. The summed E-state index contributed by atoms with van der Waals surface area (Å²) in [5, 5.41) is 8.59. The normalized spacial score (nSPS) is 11.7. The van der Waals surface area contributed by atoms with Gasteiger partial charge in [-0.1, -0.05) is 6.07 Å². The third-order valence-corrected chi connectivity index (χ3v) is 2.78. The second kappa shape index (κ2) is 7.77. The minimum absolute atomic E-state index is 0.353. The van der Waals surface area contributed by atoms with Crippen molar-refractivity contribution in [1.82, 2.24) is 9.80 Å². The molecule has 0 aliphatic rings. The summed E-state index contributed by atoms with van der Waals surface area (Å²) in [7, 11) is 5.98. The fourth-order valence-electron chi connectivity index (χ4n) is 1.79. The summed E-state index contributed by atoms with van der Waals surface area (Å²) >= 11 is 0. The SMILES string of the molecule is CN(C)CCN(C)Cc1cc(F)cc(C=CC(=O)O)c1.